The van der Waals surface area contributed by atoms with E-state index >= 15 is 0 Å². The van der Waals surface area contributed by atoms with Crippen LogP contribution in [0.5, 0.6) is 0 Å². The number of hydrogen-bond donors (Lipinski definition) is 1. The molecule has 0 bridgehead atoms. The quantitative estimate of drug-likeness (QED) is 0.134. The molecule has 0 amide bonds. The monoisotopic (exact) mass is 729 g/mol. The number of nitrogens with one attached hydrogen (secondary N) is 1. The Balaban J connectivity index is 1.01. The van der Waals surface area contributed by atoms with Crippen LogP contribution in [0.1, 0.15) is 16.7 Å². The van der Waals surface area contributed by atoms with Crippen LogP contribution in [0.15, 0.2) is 215 Å². The fourth-order valence-corrected chi connectivity index (χ4v) is 7.80. The minimum Gasteiger partial charge on any atom is -0.455 e. The van der Waals surface area contributed by atoms with Gasteiger partial charge in [0, 0.05) is 39.1 Å². The van der Waals surface area contributed by atoms with E-state index in [0.717, 1.165) is 60.5 Å². The number of nitrogens with zero attached hydrogens (tertiary/aromatic N) is 2. The van der Waals surface area contributed by atoms with Gasteiger partial charge in [-0.2, -0.15) is 0 Å². The maximum Gasteiger partial charge on any atom is 0.161 e. The number of amidine groups is 2. The van der Waals surface area contributed by atoms with Gasteiger partial charge >= 0.3 is 0 Å². The zero-order valence-corrected chi connectivity index (χ0v) is 30.9. The molecule has 57 heavy (non-hydrogen) atoms. The number of benzene rings is 9. The van der Waals surface area contributed by atoms with Crippen molar-refractivity contribution in [2.24, 2.45) is 9.98 Å². The highest BCUT2D eigenvalue weighted by atomic mass is 16.3. The molecule has 1 aromatic heterocycles. The first kappa shape index (κ1) is 33.8. The van der Waals surface area contributed by atoms with Crippen LogP contribution in [0.2, 0.25) is 0 Å². The van der Waals surface area contributed by atoms with Crippen LogP contribution in [0, 0.1) is 5.41 Å². The summed E-state index contributed by atoms with van der Waals surface area (Å²) in [4.78, 5) is 9.39. The molecule has 0 saturated heterocycles. The van der Waals surface area contributed by atoms with Crippen LogP contribution >= 0.6 is 0 Å². The summed E-state index contributed by atoms with van der Waals surface area (Å²) in [6.45, 7) is 0. The lowest BCUT2D eigenvalue weighted by atomic mass is 9.93. The molecule has 0 aliphatic heterocycles. The van der Waals surface area contributed by atoms with Gasteiger partial charge in [-0.25, -0.2) is 9.98 Å². The Morgan fingerprint density at radius 1 is 0.421 bits per heavy atom. The predicted molar refractivity (Wildman–Crippen MR) is 239 cm³/mol. The number of rotatable bonds is 6. The summed E-state index contributed by atoms with van der Waals surface area (Å²) in [6.07, 6.45) is 1.78. The third kappa shape index (κ3) is 6.39. The van der Waals surface area contributed by atoms with Gasteiger partial charge in [0.1, 0.15) is 11.2 Å². The third-order valence-corrected chi connectivity index (χ3v) is 10.7. The molecule has 268 valence electrons. The van der Waals surface area contributed by atoms with Crippen molar-refractivity contribution in [3.8, 4) is 33.4 Å². The number of para-hydroxylation sites is 1. The first-order valence-corrected chi connectivity index (χ1v) is 19.1. The molecule has 0 atom stereocenters. The van der Waals surface area contributed by atoms with Gasteiger partial charge in [-0.3, -0.25) is 5.41 Å². The van der Waals surface area contributed by atoms with E-state index in [0.29, 0.717) is 11.4 Å². The molecule has 0 aliphatic carbocycles. The molecule has 1 heterocycles. The van der Waals surface area contributed by atoms with Crippen molar-refractivity contribution in [3.05, 3.63) is 217 Å². The zero-order chi connectivity index (χ0) is 38.1. The third-order valence-electron chi connectivity index (χ3n) is 10.7. The van der Waals surface area contributed by atoms with Crippen molar-refractivity contribution in [2.45, 2.75) is 0 Å². The van der Waals surface area contributed by atoms with Crippen LogP contribution in [0.4, 0.5) is 0 Å². The summed E-state index contributed by atoms with van der Waals surface area (Å²) in [5, 5.41) is 15.8. The average Bonchev–Trinajstić information content (AvgIpc) is 3.67. The summed E-state index contributed by atoms with van der Waals surface area (Å²) in [6, 6.07) is 68.8. The molecule has 9 aromatic carbocycles. The standard InChI is InChI=1S/C53H35N3O/c54-52(56-53(41-16-5-2-6-17-41)55-34-35-13-3-1-4-14-35)40-31-29-38(30-32-40)44-23-12-24-47-49-33-48(45-20-9-10-21-46(45)51(49)57-50(44)47)39-27-25-37(26-28-39)43-22-11-18-36-15-7-8-19-42(36)43/h1-34,54H. The highest BCUT2D eigenvalue weighted by Crippen LogP contribution is 2.43. The van der Waals surface area contributed by atoms with Gasteiger partial charge in [0.2, 0.25) is 0 Å². The maximum absolute atomic E-state index is 8.95. The Labute approximate surface area is 330 Å². The minimum absolute atomic E-state index is 0.136. The Hall–Kier alpha value is -7.69. The van der Waals surface area contributed by atoms with E-state index in [9.17, 15) is 0 Å². The van der Waals surface area contributed by atoms with Crippen molar-refractivity contribution in [1.29, 1.82) is 5.41 Å². The number of furan rings is 1. The van der Waals surface area contributed by atoms with E-state index in [4.69, 9.17) is 19.8 Å². The molecule has 0 fully saturated rings. The van der Waals surface area contributed by atoms with Crippen LogP contribution in [0.25, 0.3) is 76.9 Å². The number of fused-ring (bicyclic) bond motifs is 6. The average molecular weight is 730 g/mol. The molecule has 10 aromatic rings. The fourth-order valence-electron chi connectivity index (χ4n) is 7.80. The van der Waals surface area contributed by atoms with Crippen LogP contribution in [-0.4, -0.2) is 17.9 Å². The molecule has 1 N–H and O–H groups in total. The lowest BCUT2D eigenvalue weighted by molar-refractivity contribution is 0.674. The van der Waals surface area contributed by atoms with Crippen LogP contribution < -0.4 is 0 Å². The van der Waals surface area contributed by atoms with Gasteiger partial charge in [0.15, 0.2) is 11.7 Å². The summed E-state index contributed by atoms with van der Waals surface area (Å²) in [7, 11) is 0. The Bertz CT molecular complexity index is 3150. The van der Waals surface area contributed by atoms with Crippen molar-refractivity contribution >= 4 is 61.4 Å². The maximum atomic E-state index is 8.95. The molecule has 4 nitrogen and oxygen atoms in total. The minimum atomic E-state index is 0.136. The van der Waals surface area contributed by atoms with Crippen LogP contribution in [-0.2, 0) is 0 Å². The predicted octanol–water partition coefficient (Wildman–Crippen LogP) is 13.8. The summed E-state index contributed by atoms with van der Waals surface area (Å²) < 4.78 is 6.82. The zero-order valence-electron chi connectivity index (χ0n) is 30.9. The van der Waals surface area contributed by atoms with Crippen molar-refractivity contribution in [2.75, 3.05) is 0 Å². The normalized spacial score (nSPS) is 12.0. The van der Waals surface area contributed by atoms with Gasteiger partial charge in [-0.1, -0.05) is 194 Å². The highest BCUT2D eigenvalue weighted by Gasteiger charge is 2.18. The molecule has 0 saturated carbocycles. The van der Waals surface area contributed by atoms with E-state index in [-0.39, 0.29) is 5.84 Å². The molecule has 0 unspecified atom stereocenters. The lowest BCUT2D eigenvalue weighted by Crippen LogP contribution is -2.04. The number of aliphatic imine (C=N–C) groups is 2. The molecule has 0 spiro atoms. The van der Waals surface area contributed by atoms with Crippen LogP contribution in [0.3, 0.4) is 0 Å². The smallest absolute Gasteiger partial charge is 0.161 e. The largest absolute Gasteiger partial charge is 0.455 e. The second kappa shape index (κ2) is 14.5. The van der Waals surface area contributed by atoms with Crippen molar-refractivity contribution in [3.63, 3.8) is 0 Å². The van der Waals surface area contributed by atoms with Gasteiger partial charge in [0.25, 0.3) is 0 Å². The SMILES string of the molecule is N=C(N=C(N=Cc1ccccc1)c1ccccc1)c1ccc(-c2cccc3c2oc2c4ccccc4c(-c4ccc(-c5cccc6ccccc56)cc4)cc32)cc1. The summed E-state index contributed by atoms with van der Waals surface area (Å²) in [5.74, 6) is 0.615. The van der Waals surface area contributed by atoms with E-state index in [1.807, 2.05) is 84.9 Å². The van der Waals surface area contributed by atoms with Gasteiger partial charge in [0.05, 0.1) is 0 Å². The highest BCUT2D eigenvalue weighted by molar-refractivity contribution is 6.21. The Morgan fingerprint density at radius 3 is 1.74 bits per heavy atom. The molecule has 0 radical (unpaired) electrons. The summed E-state index contributed by atoms with van der Waals surface area (Å²) in [5.41, 5.74) is 11.0. The van der Waals surface area contributed by atoms with E-state index in [1.165, 1.54) is 27.5 Å². The molecule has 0 aliphatic rings. The topological polar surface area (TPSA) is 61.7 Å². The first-order valence-electron chi connectivity index (χ1n) is 19.1. The Morgan fingerprint density at radius 2 is 0.965 bits per heavy atom. The van der Waals surface area contributed by atoms with Gasteiger partial charge < -0.3 is 4.42 Å². The van der Waals surface area contributed by atoms with E-state index in [1.54, 1.807) is 6.21 Å². The molecular weight excluding hydrogens is 695 g/mol. The Kier molecular flexibility index (Phi) is 8.62. The fraction of sp³-hybridized carbons (Fsp3) is 0. The summed E-state index contributed by atoms with van der Waals surface area (Å²) >= 11 is 0. The number of hydrogen-bond acceptors (Lipinski definition) is 2. The second-order valence-corrected chi connectivity index (χ2v) is 14.1. The van der Waals surface area contributed by atoms with Crippen molar-refractivity contribution < 1.29 is 4.42 Å². The first-order chi connectivity index (χ1) is 28.2. The second-order valence-electron chi connectivity index (χ2n) is 14.1. The lowest BCUT2D eigenvalue weighted by Gasteiger charge is -2.11. The van der Waals surface area contributed by atoms with Gasteiger partial charge in [-0.15, -0.1) is 0 Å². The van der Waals surface area contributed by atoms with E-state index < -0.39 is 0 Å². The van der Waals surface area contributed by atoms with Crippen molar-refractivity contribution in [1.82, 2.24) is 0 Å². The van der Waals surface area contributed by atoms with E-state index in [2.05, 4.69) is 115 Å². The molecule has 4 heteroatoms. The molecular formula is C53H35N3O. The molecule has 10 rings (SSSR count). The van der Waals surface area contributed by atoms with Gasteiger partial charge in [-0.05, 0) is 55.6 Å².